The van der Waals surface area contributed by atoms with E-state index in [4.69, 9.17) is 4.74 Å². The van der Waals surface area contributed by atoms with E-state index in [1.165, 1.54) is 0 Å². The molecule has 0 radical (unpaired) electrons. The molecule has 0 fully saturated rings. The Labute approximate surface area is 114 Å². The summed E-state index contributed by atoms with van der Waals surface area (Å²) in [5, 5.41) is 9.66. The smallest absolute Gasteiger partial charge is 0.281 e. The summed E-state index contributed by atoms with van der Waals surface area (Å²) in [6.07, 6.45) is 5.93. The topological polar surface area (TPSA) is 29.5 Å². The second-order valence-corrected chi connectivity index (χ2v) is 5.36. The Bertz CT molecular complexity index is 335. The zero-order chi connectivity index (χ0) is 14.5. The molecule has 19 heavy (non-hydrogen) atoms. The highest BCUT2D eigenvalue weighted by atomic mass is 19.3. The number of hydrogen-bond acceptors (Lipinski definition) is 2. The van der Waals surface area contributed by atoms with Gasteiger partial charge in [0.25, 0.3) is 5.92 Å². The maximum absolute atomic E-state index is 13.3. The van der Waals surface area contributed by atoms with Crippen molar-refractivity contribution in [2.75, 3.05) is 6.61 Å². The molecule has 0 aromatic rings. The Hall–Kier alpha value is -0.900. The molecule has 1 aliphatic rings. The van der Waals surface area contributed by atoms with Crippen LogP contribution in [0.1, 0.15) is 40.0 Å². The first kappa shape index (κ1) is 16.2. The molecular weight excluding hydrogens is 250 g/mol. The van der Waals surface area contributed by atoms with Gasteiger partial charge < -0.3 is 9.84 Å². The highest BCUT2D eigenvalue weighted by Gasteiger charge is 2.29. The molecule has 0 amide bonds. The van der Waals surface area contributed by atoms with E-state index in [2.05, 4.69) is 0 Å². The van der Waals surface area contributed by atoms with Gasteiger partial charge in [-0.1, -0.05) is 26.3 Å². The molecule has 0 spiro atoms. The third kappa shape index (κ3) is 5.31. The van der Waals surface area contributed by atoms with Crippen molar-refractivity contribution in [1.82, 2.24) is 0 Å². The van der Waals surface area contributed by atoms with Crippen LogP contribution in [0.5, 0.6) is 0 Å². The van der Waals surface area contributed by atoms with Crippen molar-refractivity contribution in [3.63, 3.8) is 0 Å². The van der Waals surface area contributed by atoms with Gasteiger partial charge >= 0.3 is 0 Å². The quantitative estimate of drug-likeness (QED) is 0.795. The third-order valence-corrected chi connectivity index (χ3v) is 3.52. The van der Waals surface area contributed by atoms with Crippen LogP contribution in [-0.2, 0) is 4.74 Å². The molecule has 3 unspecified atom stereocenters. The van der Waals surface area contributed by atoms with Crippen molar-refractivity contribution in [2.45, 2.75) is 52.1 Å². The van der Waals surface area contributed by atoms with Gasteiger partial charge in [-0.05, 0) is 37.3 Å². The number of hydrogen-bond donors (Lipinski definition) is 1. The Morgan fingerprint density at radius 3 is 2.79 bits per heavy atom. The minimum Gasteiger partial charge on any atom is -0.488 e. The van der Waals surface area contributed by atoms with E-state index in [9.17, 15) is 13.9 Å². The van der Waals surface area contributed by atoms with Crippen LogP contribution in [0.3, 0.4) is 0 Å². The number of aliphatic hydroxyl groups excluding tert-OH is 1. The molecule has 0 saturated heterocycles. The van der Waals surface area contributed by atoms with Crippen LogP contribution >= 0.6 is 0 Å². The fourth-order valence-electron chi connectivity index (χ4n) is 2.29. The van der Waals surface area contributed by atoms with Crippen LogP contribution in [0.4, 0.5) is 8.78 Å². The minimum absolute atomic E-state index is 0.105. The van der Waals surface area contributed by atoms with Gasteiger partial charge in [0.05, 0.1) is 6.10 Å². The second-order valence-electron chi connectivity index (χ2n) is 5.36. The van der Waals surface area contributed by atoms with E-state index in [0.717, 1.165) is 0 Å². The molecule has 0 aromatic carbocycles. The van der Waals surface area contributed by atoms with Crippen LogP contribution in [0.15, 0.2) is 24.0 Å². The normalized spacial score (nSPS) is 25.7. The maximum atomic E-state index is 13.3. The third-order valence-electron chi connectivity index (χ3n) is 3.52. The van der Waals surface area contributed by atoms with Crippen LogP contribution in [0, 0.1) is 11.8 Å². The summed E-state index contributed by atoms with van der Waals surface area (Å²) in [5.74, 6) is -1.99. The van der Waals surface area contributed by atoms with Gasteiger partial charge in [-0.3, -0.25) is 0 Å². The Balaban J connectivity index is 2.58. The Morgan fingerprint density at radius 2 is 2.21 bits per heavy atom. The van der Waals surface area contributed by atoms with E-state index >= 15 is 0 Å². The van der Waals surface area contributed by atoms with Gasteiger partial charge in [0.15, 0.2) is 6.61 Å². The summed E-state index contributed by atoms with van der Waals surface area (Å²) in [6, 6.07) is 0. The largest absolute Gasteiger partial charge is 0.488 e. The first-order valence-corrected chi connectivity index (χ1v) is 6.93. The van der Waals surface area contributed by atoms with Crippen molar-refractivity contribution in [3.8, 4) is 0 Å². The lowest BCUT2D eigenvalue weighted by atomic mass is 9.87. The van der Waals surface area contributed by atoms with Gasteiger partial charge in [-0.25, -0.2) is 8.78 Å². The molecule has 0 aliphatic heterocycles. The number of allylic oxidation sites excluding steroid dienone is 3. The number of aliphatic hydroxyl groups is 1. The SMILES string of the molecule is CCCC(F)(F)COC1=CCC(C(C)O)C(C)C=C1. The molecule has 1 N–H and O–H groups in total. The zero-order valence-corrected chi connectivity index (χ0v) is 11.9. The van der Waals surface area contributed by atoms with Crippen LogP contribution in [-0.4, -0.2) is 23.7 Å². The maximum Gasteiger partial charge on any atom is 0.281 e. The number of rotatable bonds is 6. The Morgan fingerprint density at radius 1 is 1.53 bits per heavy atom. The average molecular weight is 274 g/mol. The van der Waals surface area contributed by atoms with Crippen LogP contribution < -0.4 is 0 Å². The first-order valence-electron chi connectivity index (χ1n) is 6.93. The lowest BCUT2D eigenvalue weighted by molar-refractivity contribution is -0.0646. The van der Waals surface area contributed by atoms with Crippen molar-refractivity contribution in [2.24, 2.45) is 11.8 Å². The molecule has 0 saturated carbocycles. The van der Waals surface area contributed by atoms with Gasteiger partial charge in [-0.2, -0.15) is 0 Å². The molecule has 4 heteroatoms. The zero-order valence-electron chi connectivity index (χ0n) is 11.9. The summed E-state index contributed by atoms with van der Waals surface area (Å²) >= 11 is 0. The first-order chi connectivity index (χ1) is 8.85. The number of halogens is 2. The molecule has 0 heterocycles. The van der Waals surface area contributed by atoms with E-state index in [0.29, 0.717) is 18.6 Å². The number of ether oxygens (including phenoxy) is 1. The molecule has 0 aromatic heterocycles. The molecule has 1 aliphatic carbocycles. The standard InChI is InChI=1S/C15H24F2O2/c1-4-9-15(16,17)10-19-13-6-5-11(2)14(8-7-13)12(3)18/h5-7,11-12,14,18H,4,8-10H2,1-3H3. The molecule has 0 bridgehead atoms. The van der Waals surface area contributed by atoms with Gasteiger partial charge in [0, 0.05) is 6.42 Å². The summed E-state index contributed by atoms with van der Waals surface area (Å²) in [4.78, 5) is 0. The van der Waals surface area contributed by atoms with Crippen LogP contribution in [0.2, 0.25) is 0 Å². The van der Waals surface area contributed by atoms with Crippen molar-refractivity contribution in [1.29, 1.82) is 0 Å². The average Bonchev–Trinajstić information content (AvgIpc) is 2.49. The molecule has 110 valence electrons. The van der Waals surface area contributed by atoms with Crippen LogP contribution in [0.25, 0.3) is 0 Å². The summed E-state index contributed by atoms with van der Waals surface area (Å²) in [7, 11) is 0. The number of alkyl halides is 2. The van der Waals surface area contributed by atoms with Crippen molar-refractivity contribution < 1.29 is 18.6 Å². The highest BCUT2D eigenvalue weighted by Crippen LogP contribution is 2.27. The van der Waals surface area contributed by atoms with E-state index in [1.54, 1.807) is 26.0 Å². The predicted octanol–water partition coefficient (Wildman–Crippen LogP) is 3.92. The fourth-order valence-corrected chi connectivity index (χ4v) is 2.29. The summed E-state index contributed by atoms with van der Waals surface area (Å²) in [5.41, 5.74) is 0. The van der Waals surface area contributed by atoms with Crippen molar-refractivity contribution in [3.05, 3.63) is 24.0 Å². The highest BCUT2D eigenvalue weighted by molar-refractivity contribution is 5.17. The summed E-state index contributed by atoms with van der Waals surface area (Å²) < 4.78 is 31.9. The minimum atomic E-state index is -2.77. The van der Waals surface area contributed by atoms with E-state index in [1.807, 2.05) is 13.0 Å². The van der Waals surface area contributed by atoms with Gasteiger partial charge in [0.1, 0.15) is 5.76 Å². The van der Waals surface area contributed by atoms with Crippen molar-refractivity contribution >= 4 is 0 Å². The van der Waals surface area contributed by atoms with Gasteiger partial charge in [0.2, 0.25) is 0 Å². The molecular formula is C15H24F2O2. The monoisotopic (exact) mass is 274 g/mol. The summed E-state index contributed by atoms with van der Waals surface area (Å²) in [6.45, 7) is 4.92. The van der Waals surface area contributed by atoms with Gasteiger partial charge in [-0.15, -0.1) is 0 Å². The van der Waals surface area contributed by atoms with E-state index in [-0.39, 0.29) is 18.3 Å². The molecule has 1 rings (SSSR count). The lowest BCUT2D eigenvalue weighted by Gasteiger charge is -2.21. The predicted molar refractivity (Wildman–Crippen MR) is 72.0 cm³/mol. The molecule has 3 atom stereocenters. The Kier molecular flexibility index (Phi) is 5.98. The lowest BCUT2D eigenvalue weighted by Crippen LogP contribution is -2.23. The molecule has 2 nitrogen and oxygen atoms in total. The fraction of sp³-hybridized carbons (Fsp3) is 0.733. The second kappa shape index (κ2) is 7.04. The van der Waals surface area contributed by atoms with E-state index < -0.39 is 18.6 Å².